The van der Waals surface area contributed by atoms with Crippen LogP contribution in [0, 0.1) is 6.92 Å². The minimum atomic E-state index is -0.373. The molecule has 1 heterocycles. The Morgan fingerprint density at radius 3 is 2.22 bits per heavy atom. The number of anilines is 4. The van der Waals surface area contributed by atoms with Crippen LogP contribution in [-0.4, -0.2) is 11.2 Å². The fraction of sp³-hybridized carbons (Fsp3) is 0.0588. The number of benzene rings is 2. The molecule has 6 nitrogen and oxygen atoms in total. The summed E-state index contributed by atoms with van der Waals surface area (Å²) < 4.78 is 4.89. The van der Waals surface area contributed by atoms with Gasteiger partial charge in [0.05, 0.1) is 0 Å². The van der Waals surface area contributed by atoms with Gasteiger partial charge in [0, 0.05) is 23.1 Å². The predicted octanol–water partition coefficient (Wildman–Crippen LogP) is 4.37. The second kappa shape index (κ2) is 6.65. The third-order valence-electron chi connectivity index (χ3n) is 3.07. The summed E-state index contributed by atoms with van der Waals surface area (Å²) in [4.78, 5) is 11.8. The van der Waals surface area contributed by atoms with Crippen LogP contribution in [0.3, 0.4) is 0 Å². The molecule has 0 radical (unpaired) electrons. The fourth-order valence-corrected chi connectivity index (χ4v) is 2.03. The van der Waals surface area contributed by atoms with Gasteiger partial charge in [-0.15, -0.1) is 0 Å². The Morgan fingerprint density at radius 1 is 0.913 bits per heavy atom. The van der Waals surface area contributed by atoms with Crippen LogP contribution in [0.4, 0.5) is 27.7 Å². The number of amides is 2. The van der Waals surface area contributed by atoms with Gasteiger partial charge >= 0.3 is 6.03 Å². The number of urea groups is 1. The van der Waals surface area contributed by atoms with Gasteiger partial charge in [-0.2, -0.15) is 0 Å². The van der Waals surface area contributed by atoms with Gasteiger partial charge in [0.15, 0.2) is 5.82 Å². The zero-order valence-electron chi connectivity index (χ0n) is 12.5. The van der Waals surface area contributed by atoms with E-state index in [-0.39, 0.29) is 6.03 Å². The van der Waals surface area contributed by atoms with Gasteiger partial charge in [0.2, 0.25) is 0 Å². The SMILES string of the molecule is Cc1cc(NC(=O)Nc2ccc(Nc3ccccc3)cc2)no1. The van der Waals surface area contributed by atoms with E-state index in [1.807, 2.05) is 54.6 Å². The molecule has 3 N–H and O–H groups in total. The molecule has 3 rings (SSSR count). The number of hydrogen-bond donors (Lipinski definition) is 3. The second-order valence-corrected chi connectivity index (χ2v) is 4.97. The van der Waals surface area contributed by atoms with E-state index in [0.29, 0.717) is 17.3 Å². The van der Waals surface area contributed by atoms with Crippen LogP contribution in [0.2, 0.25) is 0 Å². The molecule has 23 heavy (non-hydrogen) atoms. The molecule has 0 aliphatic rings. The molecule has 116 valence electrons. The van der Waals surface area contributed by atoms with Gasteiger partial charge in [0.25, 0.3) is 0 Å². The fourth-order valence-electron chi connectivity index (χ4n) is 2.03. The Labute approximate surface area is 133 Å². The highest BCUT2D eigenvalue weighted by molar-refractivity contribution is 5.99. The van der Waals surface area contributed by atoms with Crippen molar-refractivity contribution in [1.82, 2.24) is 5.16 Å². The van der Waals surface area contributed by atoms with Crippen LogP contribution < -0.4 is 16.0 Å². The number of hydrogen-bond acceptors (Lipinski definition) is 4. The van der Waals surface area contributed by atoms with E-state index in [9.17, 15) is 4.79 Å². The van der Waals surface area contributed by atoms with E-state index in [1.165, 1.54) is 0 Å². The van der Waals surface area contributed by atoms with Gasteiger partial charge in [-0.3, -0.25) is 5.32 Å². The first-order chi connectivity index (χ1) is 11.2. The van der Waals surface area contributed by atoms with E-state index in [2.05, 4.69) is 21.1 Å². The van der Waals surface area contributed by atoms with Crippen molar-refractivity contribution in [1.29, 1.82) is 0 Å². The smallest absolute Gasteiger partial charge is 0.324 e. The van der Waals surface area contributed by atoms with Crippen molar-refractivity contribution in [3.63, 3.8) is 0 Å². The van der Waals surface area contributed by atoms with Gasteiger partial charge in [-0.05, 0) is 43.3 Å². The van der Waals surface area contributed by atoms with Crippen LogP contribution in [0.5, 0.6) is 0 Å². The number of aryl methyl sites for hydroxylation is 1. The number of carbonyl (C=O) groups is 1. The third-order valence-corrected chi connectivity index (χ3v) is 3.07. The summed E-state index contributed by atoms with van der Waals surface area (Å²) >= 11 is 0. The molecule has 3 aromatic rings. The number of rotatable bonds is 4. The third kappa shape index (κ3) is 4.10. The summed E-state index contributed by atoms with van der Waals surface area (Å²) in [5.41, 5.74) is 2.63. The second-order valence-electron chi connectivity index (χ2n) is 4.97. The molecular formula is C17H16N4O2. The Kier molecular flexibility index (Phi) is 4.24. The zero-order chi connectivity index (χ0) is 16.1. The van der Waals surface area contributed by atoms with Crippen LogP contribution >= 0.6 is 0 Å². The Hall–Kier alpha value is -3.28. The number of para-hydroxylation sites is 1. The molecule has 6 heteroatoms. The van der Waals surface area contributed by atoms with Crippen molar-refractivity contribution in [2.45, 2.75) is 6.92 Å². The molecule has 0 saturated carbocycles. The van der Waals surface area contributed by atoms with E-state index in [1.54, 1.807) is 13.0 Å². The highest BCUT2D eigenvalue weighted by Crippen LogP contribution is 2.18. The van der Waals surface area contributed by atoms with Crippen LogP contribution in [0.25, 0.3) is 0 Å². The molecule has 0 bridgehead atoms. The first-order valence-corrected chi connectivity index (χ1v) is 7.12. The lowest BCUT2D eigenvalue weighted by Gasteiger charge is -2.08. The van der Waals surface area contributed by atoms with Crippen LogP contribution in [0.15, 0.2) is 65.2 Å². The first kappa shape index (κ1) is 14.6. The Bertz CT molecular complexity index is 782. The average molecular weight is 308 g/mol. The van der Waals surface area contributed by atoms with Crippen molar-refractivity contribution in [2.75, 3.05) is 16.0 Å². The minimum absolute atomic E-state index is 0.373. The maximum atomic E-state index is 11.8. The van der Waals surface area contributed by atoms with E-state index in [0.717, 1.165) is 11.4 Å². The number of nitrogens with one attached hydrogen (secondary N) is 3. The van der Waals surface area contributed by atoms with Gasteiger partial charge in [0.1, 0.15) is 5.76 Å². The highest BCUT2D eigenvalue weighted by atomic mass is 16.5. The monoisotopic (exact) mass is 308 g/mol. The van der Waals surface area contributed by atoms with Crippen molar-refractivity contribution in [2.24, 2.45) is 0 Å². The quantitative estimate of drug-likeness (QED) is 0.668. The molecule has 0 aliphatic carbocycles. The van der Waals surface area contributed by atoms with Crippen molar-refractivity contribution in [3.8, 4) is 0 Å². The number of carbonyl (C=O) groups excluding carboxylic acids is 1. The van der Waals surface area contributed by atoms with Gasteiger partial charge in [-0.25, -0.2) is 4.79 Å². The van der Waals surface area contributed by atoms with E-state index < -0.39 is 0 Å². The lowest BCUT2D eigenvalue weighted by Crippen LogP contribution is -2.19. The molecule has 2 amide bonds. The summed E-state index contributed by atoms with van der Waals surface area (Å²) in [7, 11) is 0. The summed E-state index contributed by atoms with van der Waals surface area (Å²) in [6, 6.07) is 18.6. The minimum Gasteiger partial charge on any atom is -0.360 e. The first-order valence-electron chi connectivity index (χ1n) is 7.12. The molecule has 2 aromatic carbocycles. The van der Waals surface area contributed by atoms with Crippen molar-refractivity contribution in [3.05, 3.63) is 66.4 Å². The molecule has 0 aliphatic heterocycles. The number of aromatic nitrogens is 1. The molecule has 0 saturated heterocycles. The Balaban J connectivity index is 1.57. The molecule has 0 atom stereocenters. The zero-order valence-corrected chi connectivity index (χ0v) is 12.5. The summed E-state index contributed by atoms with van der Waals surface area (Å²) in [5.74, 6) is 1.01. The maximum Gasteiger partial charge on any atom is 0.324 e. The standard InChI is InChI=1S/C17H16N4O2/c1-12-11-16(21-23-12)20-17(22)19-15-9-7-14(8-10-15)18-13-5-3-2-4-6-13/h2-11,18H,1H3,(H2,19,20,21,22). The molecule has 0 unspecified atom stereocenters. The van der Waals surface area contributed by atoms with Crippen molar-refractivity contribution < 1.29 is 9.32 Å². The lowest BCUT2D eigenvalue weighted by atomic mass is 10.2. The number of nitrogens with zero attached hydrogens (tertiary/aromatic N) is 1. The topological polar surface area (TPSA) is 79.2 Å². The predicted molar refractivity (Wildman–Crippen MR) is 90.0 cm³/mol. The van der Waals surface area contributed by atoms with Crippen LogP contribution in [-0.2, 0) is 0 Å². The summed E-state index contributed by atoms with van der Waals surface area (Å²) in [6.45, 7) is 1.76. The molecule has 0 spiro atoms. The van der Waals surface area contributed by atoms with Gasteiger partial charge in [-0.1, -0.05) is 23.4 Å². The molecule has 1 aromatic heterocycles. The summed E-state index contributed by atoms with van der Waals surface area (Å²) in [6.07, 6.45) is 0. The molecule has 0 fully saturated rings. The van der Waals surface area contributed by atoms with Crippen molar-refractivity contribution >= 4 is 28.9 Å². The lowest BCUT2D eigenvalue weighted by molar-refractivity contribution is 0.262. The molecular weight excluding hydrogens is 292 g/mol. The van der Waals surface area contributed by atoms with Crippen LogP contribution in [0.1, 0.15) is 5.76 Å². The average Bonchev–Trinajstić information content (AvgIpc) is 2.95. The van der Waals surface area contributed by atoms with E-state index in [4.69, 9.17) is 4.52 Å². The van der Waals surface area contributed by atoms with E-state index >= 15 is 0 Å². The normalized spacial score (nSPS) is 10.1. The summed E-state index contributed by atoms with van der Waals surface area (Å²) in [5, 5.41) is 12.3. The van der Waals surface area contributed by atoms with Gasteiger partial charge < -0.3 is 15.2 Å². The maximum absolute atomic E-state index is 11.8. The Morgan fingerprint density at radius 2 is 1.57 bits per heavy atom. The largest absolute Gasteiger partial charge is 0.360 e. The highest BCUT2D eigenvalue weighted by Gasteiger charge is 2.06.